The van der Waals surface area contributed by atoms with Gasteiger partial charge in [-0.05, 0) is 24.1 Å². The Hall–Kier alpha value is -3.43. The highest BCUT2D eigenvalue weighted by Gasteiger charge is 2.24. The average Bonchev–Trinajstić information content (AvgIpc) is 2.78. The van der Waals surface area contributed by atoms with Crippen LogP contribution in [0.2, 0.25) is 0 Å². The monoisotopic (exact) mass is 439 g/mol. The molecule has 1 fully saturated rings. The number of hydrogen-bond acceptors (Lipinski definition) is 8. The number of nitro groups is 1. The number of hydrogen-bond donors (Lipinski definition) is 1. The summed E-state index contributed by atoms with van der Waals surface area (Å²) in [5, 5.41) is 21.0. The Morgan fingerprint density at radius 2 is 1.78 bits per heavy atom. The SMILES string of the molecule is O=c1oc2cc(OCCCN3CCN(Cc4ccccc4)CC3)ccc2c(O)c1[N+](=O)[O-]. The molecule has 3 aromatic rings. The van der Waals surface area contributed by atoms with E-state index in [1.807, 2.05) is 6.07 Å². The van der Waals surface area contributed by atoms with Crippen molar-refractivity contribution in [1.82, 2.24) is 9.80 Å². The molecule has 2 heterocycles. The molecule has 1 saturated heterocycles. The van der Waals surface area contributed by atoms with E-state index in [-0.39, 0.29) is 11.0 Å². The van der Waals surface area contributed by atoms with E-state index in [2.05, 4.69) is 34.1 Å². The first-order valence-electron chi connectivity index (χ1n) is 10.6. The molecular weight excluding hydrogens is 414 g/mol. The zero-order chi connectivity index (χ0) is 22.5. The van der Waals surface area contributed by atoms with E-state index in [0.29, 0.717) is 12.4 Å². The maximum atomic E-state index is 11.7. The number of piperazine rings is 1. The predicted octanol–water partition coefficient (Wildman–Crippen LogP) is 2.99. The van der Waals surface area contributed by atoms with Gasteiger partial charge >= 0.3 is 11.3 Å². The summed E-state index contributed by atoms with van der Waals surface area (Å²) >= 11 is 0. The standard InChI is InChI=1S/C23H25N3O6/c27-22-19-8-7-18(15-20(19)32-23(28)21(22)26(29)30)31-14-4-9-24-10-12-25(13-11-24)16-17-5-2-1-3-6-17/h1-3,5-8,15,27H,4,9-14,16H2. The zero-order valence-corrected chi connectivity index (χ0v) is 17.6. The molecule has 4 rings (SSSR count). The van der Waals surface area contributed by atoms with Crippen LogP contribution in [0.5, 0.6) is 11.5 Å². The summed E-state index contributed by atoms with van der Waals surface area (Å²) in [6.45, 7) is 6.50. The summed E-state index contributed by atoms with van der Waals surface area (Å²) in [6, 6.07) is 15.0. The Morgan fingerprint density at radius 3 is 2.50 bits per heavy atom. The fourth-order valence-corrected chi connectivity index (χ4v) is 3.90. The quantitative estimate of drug-likeness (QED) is 0.247. The fraction of sp³-hybridized carbons (Fsp3) is 0.348. The van der Waals surface area contributed by atoms with E-state index in [0.717, 1.165) is 45.7 Å². The zero-order valence-electron chi connectivity index (χ0n) is 17.6. The lowest BCUT2D eigenvalue weighted by molar-refractivity contribution is -0.388. The highest BCUT2D eigenvalue weighted by Crippen LogP contribution is 2.32. The molecule has 1 aliphatic heterocycles. The van der Waals surface area contributed by atoms with E-state index >= 15 is 0 Å². The van der Waals surface area contributed by atoms with Crippen LogP contribution < -0.4 is 10.4 Å². The van der Waals surface area contributed by atoms with Gasteiger partial charge in [-0.1, -0.05) is 30.3 Å². The number of rotatable bonds is 8. The molecule has 0 amide bonds. The van der Waals surface area contributed by atoms with Gasteiger partial charge in [-0.3, -0.25) is 15.0 Å². The van der Waals surface area contributed by atoms with E-state index in [1.54, 1.807) is 6.07 Å². The van der Waals surface area contributed by atoms with Gasteiger partial charge in [0.15, 0.2) is 0 Å². The summed E-state index contributed by atoms with van der Waals surface area (Å²) < 4.78 is 10.7. The molecule has 168 valence electrons. The van der Waals surface area contributed by atoms with Gasteiger partial charge in [-0.2, -0.15) is 0 Å². The molecule has 9 heteroatoms. The third kappa shape index (κ3) is 5.06. The van der Waals surface area contributed by atoms with Gasteiger partial charge in [-0.15, -0.1) is 0 Å². The molecule has 9 nitrogen and oxygen atoms in total. The van der Waals surface area contributed by atoms with Gasteiger partial charge in [0, 0.05) is 45.3 Å². The van der Waals surface area contributed by atoms with Gasteiger partial charge < -0.3 is 19.2 Å². The van der Waals surface area contributed by atoms with Crippen molar-refractivity contribution in [3.63, 3.8) is 0 Å². The van der Waals surface area contributed by atoms with Crippen LogP contribution in [0.3, 0.4) is 0 Å². The van der Waals surface area contributed by atoms with Crippen LogP contribution in [-0.2, 0) is 6.54 Å². The van der Waals surface area contributed by atoms with Crippen molar-refractivity contribution < 1.29 is 19.2 Å². The Balaban J connectivity index is 1.24. The second kappa shape index (κ2) is 9.80. The van der Waals surface area contributed by atoms with E-state index in [9.17, 15) is 20.0 Å². The molecule has 0 unspecified atom stereocenters. The first-order valence-corrected chi connectivity index (χ1v) is 10.6. The minimum Gasteiger partial charge on any atom is -0.501 e. The normalized spacial score (nSPS) is 15.1. The molecule has 1 aliphatic rings. The van der Waals surface area contributed by atoms with Crippen LogP contribution in [0.15, 0.2) is 57.7 Å². The number of nitrogens with zero attached hydrogens (tertiary/aromatic N) is 3. The lowest BCUT2D eigenvalue weighted by Gasteiger charge is -2.34. The highest BCUT2D eigenvalue weighted by molar-refractivity contribution is 5.87. The number of fused-ring (bicyclic) bond motifs is 1. The summed E-state index contributed by atoms with van der Waals surface area (Å²) in [6.07, 6.45) is 0.839. The summed E-state index contributed by atoms with van der Waals surface area (Å²) in [5.74, 6) is -0.221. The van der Waals surface area contributed by atoms with Crippen LogP contribution in [0.4, 0.5) is 5.69 Å². The third-order valence-corrected chi connectivity index (χ3v) is 5.61. The van der Waals surface area contributed by atoms with E-state index < -0.39 is 22.0 Å². The minimum atomic E-state index is -1.19. The van der Waals surface area contributed by atoms with Gasteiger partial charge in [0.2, 0.25) is 5.75 Å². The Bertz CT molecular complexity index is 1140. The van der Waals surface area contributed by atoms with Crippen molar-refractivity contribution in [2.24, 2.45) is 0 Å². The predicted molar refractivity (Wildman–Crippen MR) is 119 cm³/mol. The number of aromatic hydroxyl groups is 1. The lowest BCUT2D eigenvalue weighted by atomic mass is 10.2. The minimum absolute atomic E-state index is 0.0464. The lowest BCUT2D eigenvalue weighted by Crippen LogP contribution is -2.46. The Morgan fingerprint density at radius 1 is 1.06 bits per heavy atom. The summed E-state index contributed by atoms with van der Waals surface area (Å²) in [7, 11) is 0. The largest absolute Gasteiger partial charge is 0.501 e. The average molecular weight is 439 g/mol. The van der Waals surface area contributed by atoms with Crippen LogP contribution >= 0.6 is 0 Å². The van der Waals surface area contributed by atoms with Gasteiger partial charge in [-0.25, -0.2) is 4.79 Å². The molecular formula is C23H25N3O6. The van der Waals surface area contributed by atoms with Crippen molar-refractivity contribution in [3.8, 4) is 11.5 Å². The smallest absolute Gasteiger partial charge is 0.419 e. The molecule has 2 aromatic carbocycles. The first kappa shape index (κ1) is 21.8. The molecule has 1 aromatic heterocycles. The topological polar surface area (TPSA) is 109 Å². The van der Waals surface area contributed by atoms with E-state index in [4.69, 9.17) is 9.15 Å². The second-order valence-corrected chi connectivity index (χ2v) is 7.81. The van der Waals surface area contributed by atoms with Crippen molar-refractivity contribution in [1.29, 1.82) is 0 Å². The van der Waals surface area contributed by atoms with Crippen molar-refractivity contribution in [2.45, 2.75) is 13.0 Å². The molecule has 1 N–H and O–H groups in total. The third-order valence-electron chi connectivity index (χ3n) is 5.61. The van der Waals surface area contributed by atoms with Crippen LogP contribution in [-0.4, -0.2) is 59.2 Å². The molecule has 32 heavy (non-hydrogen) atoms. The Kier molecular flexibility index (Phi) is 6.67. The fourth-order valence-electron chi connectivity index (χ4n) is 3.90. The maximum absolute atomic E-state index is 11.7. The highest BCUT2D eigenvalue weighted by atomic mass is 16.6. The van der Waals surface area contributed by atoms with Crippen molar-refractivity contribution >= 4 is 16.7 Å². The molecule has 0 saturated carbocycles. The molecule has 0 radical (unpaired) electrons. The molecule has 0 bridgehead atoms. The number of benzene rings is 2. The molecule has 0 atom stereocenters. The Labute approximate surface area is 184 Å². The number of ether oxygens (including phenoxy) is 1. The van der Waals surface area contributed by atoms with Crippen molar-refractivity contribution in [2.75, 3.05) is 39.3 Å². The van der Waals surface area contributed by atoms with Crippen LogP contribution in [0, 0.1) is 10.1 Å². The summed E-state index contributed by atoms with van der Waals surface area (Å²) in [4.78, 5) is 26.6. The van der Waals surface area contributed by atoms with Gasteiger partial charge in [0.05, 0.1) is 16.9 Å². The summed E-state index contributed by atoms with van der Waals surface area (Å²) in [5.41, 5.74) is -0.771. The van der Waals surface area contributed by atoms with Crippen LogP contribution in [0.25, 0.3) is 11.0 Å². The maximum Gasteiger partial charge on any atom is 0.419 e. The first-order chi connectivity index (χ1) is 15.5. The van der Waals surface area contributed by atoms with Crippen molar-refractivity contribution in [3.05, 3.63) is 74.6 Å². The van der Waals surface area contributed by atoms with Gasteiger partial charge in [0.1, 0.15) is 11.3 Å². The van der Waals surface area contributed by atoms with E-state index in [1.165, 1.54) is 17.7 Å². The molecule has 0 aliphatic carbocycles. The second-order valence-electron chi connectivity index (χ2n) is 7.81. The van der Waals surface area contributed by atoms with Crippen LogP contribution in [0.1, 0.15) is 12.0 Å². The molecule has 0 spiro atoms. The van der Waals surface area contributed by atoms with Gasteiger partial charge in [0.25, 0.3) is 0 Å².